The maximum Gasteiger partial charge on any atom is 0.247 e. The lowest BCUT2D eigenvalue weighted by Crippen LogP contribution is -2.35. The minimum Gasteiger partial charge on any atom is -0.497 e. The average Bonchev–Trinajstić information content (AvgIpc) is 3.30. The first-order valence-electron chi connectivity index (χ1n) is 12.1. The number of ether oxygens (including phenoxy) is 1. The third-order valence-electron chi connectivity index (χ3n) is 7.26. The Morgan fingerprint density at radius 3 is 2.33 bits per heavy atom. The number of hydrogen-bond donors (Lipinski definition) is 0. The summed E-state index contributed by atoms with van der Waals surface area (Å²) in [5.74, 6) is 0.845. The first-order valence-corrected chi connectivity index (χ1v) is 13.6. The highest BCUT2D eigenvalue weighted by atomic mass is 32.2. The molecule has 0 radical (unpaired) electrons. The minimum absolute atomic E-state index is 0.328. The van der Waals surface area contributed by atoms with Crippen LogP contribution in [0.4, 0.5) is 0 Å². The predicted molar refractivity (Wildman–Crippen MR) is 143 cm³/mol. The molecule has 36 heavy (non-hydrogen) atoms. The van der Waals surface area contributed by atoms with Gasteiger partial charge in [0.25, 0.3) is 0 Å². The molecule has 2 aromatic carbocycles. The maximum absolute atomic E-state index is 13.4. The number of methoxy groups -OCH3 is 1. The van der Waals surface area contributed by atoms with Gasteiger partial charge in [0.05, 0.1) is 18.5 Å². The Kier molecular flexibility index (Phi) is 6.26. The maximum atomic E-state index is 13.4. The van der Waals surface area contributed by atoms with Crippen LogP contribution in [0.15, 0.2) is 59.5 Å². The Morgan fingerprint density at radius 1 is 1.00 bits per heavy atom. The summed E-state index contributed by atoms with van der Waals surface area (Å²) >= 11 is 0. The summed E-state index contributed by atoms with van der Waals surface area (Å²) < 4.78 is 37.8. The molecule has 0 saturated heterocycles. The standard InChI is InChI=1S/C28H32N4O3S/c1-19-28(21(3)30(4)29-19)36(33,34)31-16-14-23(15-17-31)27-20(2)32(26-9-7-6-8-25(26)27)18-22-10-12-24(35-5)13-11-22/h6-14H,15-18H2,1-5H3. The van der Waals surface area contributed by atoms with Crippen molar-refractivity contribution in [3.05, 3.63) is 82.8 Å². The molecule has 4 aromatic rings. The zero-order chi connectivity index (χ0) is 25.6. The fourth-order valence-electron chi connectivity index (χ4n) is 5.31. The number of para-hydroxylation sites is 1. The first-order chi connectivity index (χ1) is 17.2. The number of aromatic nitrogens is 3. The van der Waals surface area contributed by atoms with E-state index in [0.717, 1.165) is 12.3 Å². The van der Waals surface area contributed by atoms with Crippen LogP contribution in [-0.2, 0) is 23.6 Å². The molecule has 7 nitrogen and oxygen atoms in total. The molecule has 2 aromatic heterocycles. The molecule has 0 fully saturated rings. The lowest BCUT2D eigenvalue weighted by atomic mass is 9.97. The van der Waals surface area contributed by atoms with Crippen LogP contribution in [0, 0.1) is 20.8 Å². The third-order valence-corrected chi connectivity index (χ3v) is 9.38. The Balaban J connectivity index is 1.49. The van der Waals surface area contributed by atoms with E-state index in [1.54, 1.807) is 37.0 Å². The molecule has 0 aliphatic carbocycles. The van der Waals surface area contributed by atoms with Crippen LogP contribution in [0.1, 0.15) is 34.6 Å². The minimum atomic E-state index is -3.61. The summed E-state index contributed by atoms with van der Waals surface area (Å²) in [6, 6.07) is 16.6. The molecule has 0 N–H and O–H groups in total. The second-order valence-corrected chi connectivity index (χ2v) is 11.3. The van der Waals surface area contributed by atoms with Gasteiger partial charge in [0.2, 0.25) is 10.0 Å². The molecule has 3 heterocycles. The molecule has 0 atom stereocenters. The molecular weight excluding hydrogens is 472 g/mol. The number of benzene rings is 2. The normalized spacial score (nSPS) is 14.9. The van der Waals surface area contributed by atoms with Crippen LogP contribution in [0.3, 0.4) is 0 Å². The zero-order valence-corrected chi connectivity index (χ0v) is 22.3. The van der Waals surface area contributed by atoms with Gasteiger partial charge in [0.1, 0.15) is 10.6 Å². The van der Waals surface area contributed by atoms with E-state index >= 15 is 0 Å². The van der Waals surface area contributed by atoms with E-state index in [-0.39, 0.29) is 0 Å². The molecule has 0 spiro atoms. The van der Waals surface area contributed by atoms with Crippen LogP contribution < -0.4 is 4.74 Å². The number of sulfonamides is 1. The summed E-state index contributed by atoms with van der Waals surface area (Å²) in [6.07, 6.45) is 2.74. The van der Waals surface area contributed by atoms with Gasteiger partial charge in [0, 0.05) is 48.8 Å². The summed E-state index contributed by atoms with van der Waals surface area (Å²) in [6.45, 7) is 7.27. The van der Waals surface area contributed by atoms with Crippen molar-refractivity contribution in [3.63, 3.8) is 0 Å². The van der Waals surface area contributed by atoms with Gasteiger partial charge in [-0.3, -0.25) is 4.68 Å². The van der Waals surface area contributed by atoms with Crippen LogP contribution >= 0.6 is 0 Å². The second-order valence-electron chi connectivity index (χ2n) is 9.38. The van der Waals surface area contributed by atoms with E-state index in [4.69, 9.17) is 4.74 Å². The molecule has 0 saturated carbocycles. The van der Waals surface area contributed by atoms with E-state index in [1.165, 1.54) is 33.3 Å². The monoisotopic (exact) mass is 504 g/mol. The molecule has 188 valence electrons. The van der Waals surface area contributed by atoms with Crippen molar-refractivity contribution < 1.29 is 13.2 Å². The molecule has 0 unspecified atom stereocenters. The van der Waals surface area contributed by atoms with E-state index in [9.17, 15) is 8.42 Å². The van der Waals surface area contributed by atoms with Crippen LogP contribution in [0.25, 0.3) is 16.5 Å². The molecule has 1 aliphatic heterocycles. The fourth-order valence-corrected chi connectivity index (χ4v) is 7.09. The van der Waals surface area contributed by atoms with Gasteiger partial charge < -0.3 is 9.30 Å². The molecule has 0 amide bonds. The van der Waals surface area contributed by atoms with Crippen LogP contribution in [-0.4, -0.2) is 47.3 Å². The topological polar surface area (TPSA) is 69.4 Å². The van der Waals surface area contributed by atoms with E-state index in [1.807, 2.05) is 12.1 Å². The van der Waals surface area contributed by atoms with Crippen LogP contribution in [0.2, 0.25) is 0 Å². The zero-order valence-electron chi connectivity index (χ0n) is 21.4. The summed E-state index contributed by atoms with van der Waals surface area (Å²) in [7, 11) is -0.159. The Labute approximate surface area is 212 Å². The van der Waals surface area contributed by atoms with Gasteiger partial charge in [0.15, 0.2) is 0 Å². The van der Waals surface area contributed by atoms with E-state index in [0.29, 0.717) is 35.8 Å². The Bertz CT molecular complexity index is 1580. The molecule has 1 aliphatic rings. The van der Waals surface area contributed by atoms with Crippen molar-refractivity contribution >= 4 is 26.5 Å². The van der Waals surface area contributed by atoms with Crippen molar-refractivity contribution in [2.75, 3.05) is 20.2 Å². The third kappa shape index (κ3) is 4.04. The lowest BCUT2D eigenvalue weighted by molar-refractivity contribution is 0.414. The summed E-state index contributed by atoms with van der Waals surface area (Å²) in [5, 5.41) is 5.51. The van der Waals surface area contributed by atoms with Gasteiger partial charge in [-0.05, 0) is 56.5 Å². The number of rotatable bonds is 6. The van der Waals surface area contributed by atoms with Crippen molar-refractivity contribution in [2.24, 2.45) is 7.05 Å². The van der Waals surface area contributed by atoms with Gasteiger partial charge in [-0.1, -0.05) is 36.4 Å². The van der Waals surface area contributed by atoms with Crippen molar-refractivity contribution in [1.29, 1.82) is 0 Å². The Morgan fingerprint density at radius 2 is 1.72 bits per heavy atom. The number of fused-ring (bicyclic) bond motifs is 1. The van der Waals surface area contributed by atoms with E-state index < -0.39 is 10.0 Å². The highest BCUT2D eigenvalue weighted by Crippen LogP contribution is 2.36. The van der Waals surface area contributed by atoms with Gasteiger partial charge >= 0.3 is 0 Å². The number of aryl methyl sites for hydroxylation is 2. The van der Waals surface area contributed by atoms with Crippen molar-refractivity contribution in [1.82, 2.24) is 18.7 Å². The van der Waals surface area contributed by atoms with Crippen molar-refractivity contribution in [2.45, 2.75) is 38.6 Å². The second kappa shape index (κ2) is 9.26. The highest BCUT2D eigenvalue weighted by molar-refractivity contribution is 7.89. The fraction of sp³-hybridized carbons (Fsp3) is 0.321. The Hall–Kier alpha value is -3.36. The van der Waals surface area contributed by atoms with Gasteiger partial charge in [-0.2, -0.15) is 9.40 Å². The smallest absolute Gasteiger partial charge is 0.247 e. The first kappa shape index (κ1) is 24.3. The van der Waals surface area contributed by atoms with Gasteiger partial charge in [-0.25, -0.2) is 8.42 Å². The molecule has 0 bridgehead atoms. The van der Waals surface area contributed by atoms with E-state index in [2.05, 4.69) is 59.1 Å². The molecule has 5 rings (SSSR count). The lowest BCUT2D eigenvalue weighted by Gasteiger charge is -2.26. The van der Waals surface area contributed by atoms with Crippen LogP contribution in [0.5, 0.6) is 5.75 Å². The van der Waals surface area contributed by atoms with Crippen molar-refractivity contribution in [3.8, 4) is 5.75 Å². The predicted octanol–water partition coefficient (Wildman–Crippen LogP) is 4.83. The largest absolute Gasteiger partial charge is 0.497 e. The average molecular weight is 505 g/mol. The van der Waals surface area contributed by atoms with Gasteiger partial charge in [-0.15, -0.1) is 0 Å². The quantitative estimate of drug-likeness (QED) is 0.377. The SMILES string of the molecule is COc1ccc(Cn2c(C)c(C3=CCN(S(=O)(=O)c4c(C)nn(C)c4C)CC3)c3ccccc32)cc1. The molecular formula is C28H32N4O3S. The number of hydrogen-bond acceptors (Lipinski definition) is 4. The molecule has 8 heteroatoms. The summed E-state index contributed by atoms with van der Waals surface area (Å²) in [5.41, 5.74) is 7.19. The summed E-state index contributed by atoms with van der Waals surface area (Å²) in [4.78, 5) is 0.328. The number of nitrogens with zero attached hydrogens (tertiary/aromatic N) is 4. The highest BCUT2D eigenvalue weighted by Gasteiger charge is 2.32.